The molecule has 136 valence electrons. The van der Waals surface area contributed by atoms with Crippen LogP contribution in [-0.2, 0) is 14.3 Å². The number of hydrogen-bond donors (Lipinski definition) is 1. The molecule has 0 aliphatic rings. The number of carbonyl (C=O) groups is 2. The number of halogens is 1. The molecule has 0 spiro atoms. The average molecular weight is 374 g/mol. The SMILES string of the molecule is CCOCCOC(=O)c1ccc(NC(=O)/C=C/c2ccccc2Cl)cc1. The predicted molar refractivity (Wildman–Crippen MR) is 102 cm³/mol. The quantitative estimate of drug-likeness (QED) is 0.428. The van der Waals surface area contributed by atoms with Gasteiger partial charge in [-0.2, -0.15) is 0 Å². The van der Waals surface area contributed by atoms with E-state index in [1.54, 1.807) is 36.4 Å². The molecule has 2 aromatic carbocycles. The maximum atomic E-state index is 12.0. The molecule has 5 nitrogen and oxygen atoms in total. The zero-order valence-electron chi connectivity index (χ0n) is 14.4. The number of hydrogen-bond acceptors (Lipinski definition) is 4. The lowest BCUT2D eigenvalue weighted by atomic mass is 10.2. The Labute approximate surface area is 157 Å². The minimum atomic E-state index is -0.429. The Hall–Kier alpha value is -2.63. The topological polar surface area (TPSA) is 64.6 Å². The van der Waals surface area contributed by atoms with Crippen LogP contribution in [0.5, 0.6) is 0 Å². The second kappa shape index (κ2) is 10.4. The van der Waals surface area contributed by atoms with E-state index in [2.05, 4.69) is 5.32 Å². The van der Waals surface area contributed by atoms with Gasteiger partial charge in [0.25, 0.3) is 0 Å². The molecule has 26 heavy (non-hydrogen) atoms. The highest BCUT2D eigenvalue weighted by atomic mass is 35.5. The van der Waals surface area contributed by atoms with Crippen molar-refractivity contribution in [1.82, 2.24) is 0 Å². The molecule has 0 saturated carbocycles. The van der Waals surface area contributed by atoms with E-state index in [4.69, 9.17) is 21.1 Å². The highest BCUT2D eigenvalue weighted by molar-refractivity contribution is 6.32. The van der Waals surface area contributed by atoms with E-state index in [0.717, 1.165) is 5.56 Å². The van der Waals surface area contributed by atoms with Gasteiger partial charge >= 0.3 is 5.97 Å². The number of rotatable bonds is 8. The van der Waals surface area contributed by atoms with Crippen LogP contribution >= 0.6 is 11.6 Å². The van der Waals surface area contributed by atoms with E-state index in [9.17, 15) is 9.59 Å². The van der Waals surface area contributed by atoms with Crippen LogP contribution in [0, 0.1) is 0 Å². The van der Waals surface area contributed by atoms with Gasteiger partial charge in [-0.3, -0.25) is 4.79 Å². The van der Waals surface area contributed by atoms with Crippen LogP contribution in [-0.4, -0.2) is 31.7 Å². The van der Waals surface area contributed by atoms with E-state index in [-0.39, 0.29) is 12.5 Å². The maximum Gasteiger partial charge on any atom is 0.338 e. The van der Waals surface area contributed by atoms with E-state index < -0.39 is 5.97 Å². The summed E-state index contributed by atoms with van der Waals surface area (Å²) in [5.74, 6) is -0.724. The highest BCUT2D eigenvalue weighted by Crippen LogP contribution is 2.16. The van der Waals surface area contributed by atoms with Gasteiger partial charge in [0.2, 0.25) is 5.91 Å². The summed E-state index contributed by atoms with van der Waals surface area (Å²) in [5.41, 5.74) is 1.74. The van der Waals surface area contributed by atoms with Crippen LogP contribution in [0.2, 0.25) is 5.02 Å². The number of nitrogens with one attached hydrogen (secondary N) is 1. The zero-order valence-corrected chi connectivity index (χ0v) is 15.2. The van der Waals surface area contributed by atoms with Gasteiger partial charge in [-0.05, 0) is 48.9 Å². The standard InChI is InChI=1S/C20H20ClNO4/c1-2-25-13-14-26-20(24)16-7-10-17(11-8-16)22-19(23)12-9-15-5-3-4-6-18(15)21/h3-12H,2,13-14H2,1H3,(H,22,23)/b12-9+. The lowest BCUT2D eigenvalue weighted by Crippen LogP contribution is -2.11. The fraction of sp³-hybridized carbons (Fsp3) is 0.200. The van der Waals surface area contributed by atoms with Crippen molar-refractivity contribution in [2.45, 2.75) is 6.92 Å². The van der Waals surface area contributed by atoms with Crippen molar-refractivity contribution in [2.75, 3.05) is 25.1 Å². The summed E-state index contributed by atoms with van der Waals surface area (Å²) in [6.07, 6.45) is 3.04. The zero-order chi connectivity index (χ0) is 18.8. The number of amides is 1. The molecular weight excluding hydrogens is 354 g/mol. The molecule has 0 heterocycles. The van der Waals surface area contributed by atoms with Crippen LogP contribution in [0.1, 0.15) is 22.8 Å². The van der Waals surface area contributed by atoms with Crippen molar-refractivity contribution >= 4 is 35.2 Å². The molecule has 0 saturated heterocycles. The molecule has 0 fully saturated rings. The minimum Gasteiger partial charge on any atom is -0.460 e. The number of carbonyl (C=O) groups excluding carboxylic acids is 2. The minimum absolute atomic E-state index is 0.206. The van der Waals surface area contributed by atoms with Crippen molar-refractivity contribution in [3.8, 4) is 0 Å². The summed E-state index contributed by atoms with van der Waals surface area (Å²) in [6, 6.07) is 13.7. The highest BCUT2D eigenvalue weighted by Gasteiger charge is 2.07. The Morgan fingerprint density at radius 2 is 1.81 bits per heavy atom. The Morgan fingerprint density at radius 1 is 1.08 bits per heavy atom. The molecule has 1 N–H and O–H groups in total. The van der Waals surface area contributed by atoms with E-state index in [1.807, 2.05) is 25.1 Å². The van der Waals surface area contributed by atoms with E-state index in [0.29, 0.717) is 29.5 Å². The molecule has 0 aliphatic heterocycles. The first kappa shape index (κ1) is 19.7. The molecule has 2 aromatic rings. The molecule has 6 heteroatoms. The second-order valence-electron chi connectivity index (χ2n) is 5.25. The van der Waals surface area contributed by atoms with Gasteiger partial charge in [0.1, 0.15) is 6.61 Å². The van der Waals surface area contributed by atoms with Crippen molar-refractivity contribution < 1.29 is 19.1 Å². The van der Waals surface area contributed by atoms with Gasteiger partial charge < -0.3 is 14.8 Å². The number of esters is 1. The monoisotopic (exact) mass is 373 g/mol. The molecule has 0 radical (unpaired) electrons. The Morgan fingerprint density at radius 3 is 2.50 bits per heavy atom. The average Bonchev–Trinajstić information content (AvgIpc) is 2.65. The summed E-state index contributed by atoms with van der Waals surface area (Å²) in [7, 11) is 0. The Balaban J connectivity index is 1.87. The van der Waals surface area contributed by atoms with Crippen LogP contribution in [0.15, 0.2) is 54.6 Å². The second-order valence-corrected chi connectivity index (χ2v) is 5.66. The summed E-state index contributed by atoms with van der Waals surface area (Å²) in [4.78, 5) is 23.8. The van der Waals surface area contributed by atoms with Crippen molar-refractivity contribution in [1.29, 1.82) is 0 Å². The predicted octanol–water partition coefficient (Wildman–Crippen LogP) is 4.19. The lowest BCUT2D eigenvalue weighted by Gasteiger charge is -2.06. The van der Waals surface area contributed by atoms with E-state index >= 15 is 0 Å². The van der Waals surface area contributed by atoms with Crippen molar-refractivity contribution in [2.24, 2.45) is 0 Å². The van der Waals surface area contributed by atoms with Crippen molar-refractivity contribution in [3.63, 3.8) is 0 Å². The molecule has 0 atom stereocenters. The van der Waals surface area contributed by atoms with Gasteiger partial charge in [0, 0.05) is 23.4 Å². The first-order valence-corrected chi connectivity index (χ1v) is 8.56. The molecule has 2 rings (SSSR count). The lowest BCUT2D eigenvalue weighted by molar-refractivity contribution is -0.111. The third kappa shape index (κ3) is 6.35. The van der Waals surface area contributed by atoms with Gasteiger partial charge in [-0.25, -0.2) is 4.79 Å². The molecular formula is C20H20ClNO4. The van der Waals surface area contributed by atoms with Gasteiger partial charge in [0.05, 0.1) is 12.2 Å². The van der Waals surface area contributed by atoms with Crippen LogP contribution in [0.3, 0.4) is 0 Å². The molecule has 0 bridgehead atoms. The fourth-order valence-electron chi connectivity index (χ4n) is 2.07. The third-order valence-corrected chi connectivity index (χ3v) is 3.72. The Bertz CT molecular complexity index is 772. The number of benzene rings is 2. The van der Waals surface area contributed by atoms with E-state index in [1.165, 1.54) is 6.08 Å². The third-order valence-electron chi connectivity index (χ3n) is 3.37. The molecule has 0 aliphatic carbocycles. The first-order valence-electron chi connectivity index (χ1n) is 8.18. The fourth-order valence-corrected chi connectivity index (χ4v) is 2.27. The summed E-state index contributed by atoms with van der Waals surface area (Å²) in [6.45, 7) is 3.03. The van der Waals surface area contributed by atoms with Gasteiger partial charge in [-0.1, -0.05) is 29.8 Å². The summed E-state index contributed by atoms with van der Waals surface area (Å²) >= 11 is 6.03. The van der Waals surface area contributed by atoms with Crippen LogP contribution in [0.4, 0.5) is 5.69 Å². The number of ether oxygens (including phenoxy) is 2. The first-order chi connectivity index (χ1) is 12.6. The maximum absolute atomic E-state index is 12.0. The largest absolute Gasteiger partial charge is 0.460 e. The normalized spacial score (nSPS) is 10.7. The van der Waals surface area contributed by atoms with Gasteiger partial charge in [0.15, 0.2) is 0 Å². The Kier molecular flexibility index (Phi) is 7.86. The molecule has 1 amide bonds. The summed E-state index contributed by atoms with van der Waals surface area (Å²) < 4.78 is 10.2. The van der Waals surface area contributed by atoms with Crippen LogP contribution < -0.4 is 5.32 Å². The molecule has 0 unspecified atom stereocenters. The van der Waals surface area contributed by atoms with Crippen LogP contribution in [0.25, 0.3) is 6.08 Å². The molecule has 0 aromatic heterocycles. The van der Waals surface area contributed by atoms with Gasteiger partial charge in [-0.15, -0.1) is 0 Å². The number of anilines is 1. The smallest absolute Gasteiger partial charge is 0.338 e. The summed E-state index contributed by atoms with van der Waals surface area (Å²) in [5, 5.41) is 3.29. The van der Waals surface area contributed by atoms with Crippen molar-refractivity contribution in [3.05, 3.63) is 70.8 Å².